The predicted octanol–water partition coefficient (Wildman–Crippen LogP) is 3.89. The maximum atomic E-state index is 13.1. The van der Waals surface area contributed by atoms with E-state index in [1.165, 1.54) is 23.3 Å². The van der Waals surface area contributed by atoms with Gasteiger partial charge in [-0.3, -0.25) is 0 Å². The Morgan fingerprint density at radius 3 is 2.84 bits per heavy atom. The standard InChI is InChI=1S/C15H13BrFNO/c16-13-6-11(17)7-14(18)15(13)19-8-10-5-9-3-1-2-4-12(9)10/h1-4,6-7,10H,5,8,18H2. The second kappa shape index (κ2) is 4.85. The minimum absolute atomic E-state index is 0.319. The highest BCUT2D eigenvalue weighted by molar-refractivity contribution is 9.10. The lowest BCUT2D eigenvalue weighted by atomic mass is 9.78. The first kappa shape index (κ1) is 12.5. The average molecular weight is 322 g/mol. The Morgan fingerprint density at radius 1 is 1.32 bits per heavy atom. The third kappa shape index (κ3) is 2.32. The molecule has 2 N–H and O–H groups in total. The van der Waals surface area contributed by atoms with Crippen LogP contribution in [0.5, 0.6) is 5.75 Å². The van der Waals surface area contributed by atoms with Gasteiger partial charge < -0.3 is 10.5 Å². The van der Waals surface area contributed by atoms with E-state index < -0.39 is 0 Å². The Hall–Kier alpha value is -1.55. The van der Waals surface area contributed by atoms with Crippen LogP contribution in [0.2, 0.25) is 0 Å². The van der Waals surface area contributed by atoms with E-state index in [9.17, 15) is 4.39 Å². The van der Waals surface area contributed by atoms with Gasteiger partial charge >= 0.3 is 0 Å². The van der Waals surface area contributed by atoms with Crippen LogP contribution in [0.15, 0.2) is 40.9 Å². The van der Waals surface area contributed by atoms with E-state index >= 15 is 0 Å². The summed E-state index contributed by atoms with van der Waals surface area (Å²) in [4.78, 5) is 0. The molecule has 1 aliphatic rings. The molecule has 0 fully saturated rings. The molecule has 2 aromatic rings. The molecule has 1 aliphatic carbocycles. The van der Waals surface area contributed by atoms with E-state index in [-0.39, 0.29) is 5.82 Å². The zero-order valence-corrected chi connectivity index (χ0v) is 11.8. The lowest BCUT2D eigenvalue weighted by Crippen LogP contribution is -2.23. The van der Waals surface area contributed by atoms with E-state index in [1.54, 1.807) is 0 Å². The van der Waals surface area contributed by atoms with Crippen LogP contribution >= 0.6 is 15.9 Å². The van der Waals surface area contributed by atoms with Gasteiger partial charge in [0.25, 0.3) is 0 Å². The Kier molecular flexibility index (Phi) is 3.19. The van der Waals surface area contributed by atoms with Crippen molar-refractivity contribution in [3.8, 4) is 5.75 Å². The fraction of sp³-hybridized carbons (Fsp3) is 0.200. The normalized spacial score (nSPS) is 16.6. The number of hydrogen-bond acceptors (Lipinski definition) is 2. The van der Waals surface area contributed by atoms with E-state index in [0.717, 1.165) is 6.42 Å². The van der Waals surface area contributed by atoms with Gasteiger partial charge in [-0.2, -0.15) is 0 Å². The summed E-state index contributed by atoms with van der Waals surface area (Å²) in [6.07, 6.45) is 1.02. The largest absolute Gasteiger partial charge is 0.490 e. The molecule has 0 aromatic heterocycles. The first-order valence-corrected chi connectivity index (χ1v) is 6.89. The van der Waals surface area contributed by atoms with Crippen molar-refractivity contribution in [2.45, 2.75) is 12.3 Å². The van der Waals surface area contributed by atoms with Gasteiger partial charge in [-0.1, -0.05) is 24.3 Å². The van der Waals surface area contributed by atoms with E-state index in [2.05, 4.69) is 28.1 Å². The molecule has 98 valence electrons. The number of halogens is 2. The summed E-state index contributed by atoms with van der Waals surface area (Å²) >= 11 is 3.27. The molecule has 0 heterocycles. The summed E-state index contributed by atoms with van der Waals surface area (Å²) in [5.74, 6) is 0.545. The van der Waals surface area contributed by atoms with Gasteiger partial charge in [0.05, 0.1) is 16.8 Å². The van der Waals surface area contributed by atoms with Crippen LogP contribution in [0.1, 0.15) is 17.0 Å². The van der Waals surface area contributed by atoms with Gasteiger partial charge in [-0.15, -0.1) is 0 Å². The first-order valence-electron chi connectivity index (χ1n) is 6.10. The number of anilines is 1. The summed E-state index contributed by atoms with van der Waals surface area (Å²) in [5.41, 5.74) is 8.80. The van der Waals surface area contributed by atoms with E-state index in [4.69, 9.17) is 10.5 Å². The molecular weight excluding hydrogens is 309 g/mol. The molecule has 1 unspecified atom stereocenters. The summed E-state index contributed by atoms with van der Waals surface area (Å²) in [6, 6.07) is 11.0. The Balaban J connectivity index is 1.72. The van der Waals surface area contributed by atoms with Crippen LogP contribution in [0.4, 0.5) is 10.1 Å². The van der Waals surface area contributed by atoms with Crippen molar-refractivity contribution in [1.82, 2.24) is 0 Å². The summed E-state index contributed by atoms with van der Waals surface area (Å²) in [7, 11) is 0. The van der Waals surface area contributed by atoms with Crippen LogP contribution in [-0.4, -0.2) is 6.61 Å². The van der Waals surface area contributed by atoms with Crippen molar-refractivity contribution < 1.29 is 9.13 Å². The van der Waals surface area contributed by atoms with E-state index in [1.807, 2.05) is 12.1 Å². The lowest BCUT2D eigenvalue weighted by molar-refractivity contribution is 0.275. The molecular formula is C15H13BrFNO. The molecule has 1 atom stereocenters. The van der Waals surface area contributed by atoms with Gasteiger partial charge in [0.2, 0.25) is 0 Å². The molecule has 0 saturated heterocycles. The van der Waals surface area contributed by atoms with Crippen molar-refractivity contribution in [3.63, 3.8) is 0 Å². The molecule has 3 rings (SSSR count). The number of ether oxygens (including phenoxy) is 1. The molecule has 4 heteroatoms. The highest BCUT2D eigenvalue weighted by atomic mass is 79.9. The number of benzene rings is 2. The van der Waals surface area contributed by atoms with Crippen molar-refractivity contribution in [2.24, 2.45) is 0 Å². The third-order valence-electron chi connectivity index (χ3n) is 3.43. The van der Waals surface area contributed by atoms with Crippen LogP contribution in [0.25, 0.3) is 0 Å². The number of nitrogen functional groups attached to an aromatic ring is 1. The summed E-state index contributed by atoms with van der Waals surface area (Å²) < 4.78 is 19.4. The van der Waals surface area contributed by atoms with Gasteiger partial charge in [0, 0.05) is 12.0 Å². The number of nitrogens with two attached hydrogens (primary N) is 1. The molecule has 0 aliphatic heterocycles. The van der Waals surface area contributed by atoms with Gasteiger partial charge in [0.1, 0.15) is 5.82 Å². The zero-order valence-electron chi connectivity index (χ0n) is 10.2. The maximum Gasteiger partial charge on any atom is 0.156 e. The van der Waals surface area contributed by atoms with Crippen molar-refractivity contribution in [2.75, 3.05) is 12.3 Å². The van der Waals surface area contributed by atoms with Gasteiger partial charge in [-0.05, 0) is 39.5 Å². The first-order chi connectivity index (χ1) is 9.15. The number of hydrogen-bond donors (Lipinski definition) is 1. The van der Waals surface area contributed by atoms with Gasteiger partial charge in [-0.25, -0.2) is 4.39 Å². The highest BCUT2D eigenvalue weighted by Crippen LogP contribution is 2.37. The SMILES string of the molecule is Nc1cc(F)cc(Br)c1OCC1Cc2ccccc21. The Labute approximate surface area is 119 Å². The molecule has 2 aromatic carbocycles. The second-order valence-electron chi connectivity index (χ2n) is 4.72. The minimum atomic E-state index is -0.370. The van der Waals surface area contributed by atoms with Crippen molar-refractivity contribution in [3.05, 3.63) is 57.8 Å². The predicted molar refractivity (Wildman–Crippen MR) is 76.9 cm³/mol. The van der Waals surface area contributed by atoms with Crippen LogP contribution in [0.3, 0.4) is 0 Å². The summed E-state index contributed by atoms with van der Waals surface area (Å²) in [6.45, 7) is 0.561. The molecule has 0 amide bonds. The second-order valence-corrected chi connectivity index (χ2v) is 5.57. The molecule has 0 saturated carbocycles. The monoisotopic (exact) mass is 321 g/mol. The zero-order chi connectivity index (χ0) is 13.4. The summed E-state index contributed by atoms with van der Waals surface area (Å²) in [5, 5.41) is 0. The average Bonchev–Trinajstić information content (AvgIpc) is 2.33. The van der Waals surface area contributed by atoms with Crippen molar-refractivity contribution >= 4 is 21.6 Å². The highest BCUT2D eigenvalue weighted by Gasteiger charge is 2.26. The topological polar surface area (TPSA) is 35.2 Å². The van der Waals surface area contributed by atoms with Crippen LogP contribution < -0.4 is 10.5 Å². The Bertz CT molecular complexity index is 606. The molecule has 19 heavy (non-hydrogen) atoms. The minimum Gasteiger partial charge on any atom is -0.490 e. The number of rotatable bonds is 3. The molecule has 0 radical (unpaired) electrons. The smallest absolute Gasteiger partial charge is 0.156 e. The molecule has 0 bridgehead atoms. The third-order valence-corrected chi connectivity index (χ3v) is 4.02. The fourth-order valence-electron chi connectivity index (χ4n) is 2.43. The fourth-order valence-corrected chi connectivity index (χ4v) is 2.99. The molecule has 2 nitrogen and oxygen atoms in total. The quantitative estimate of drug-likeness (QED) is 0.870. The Morgan fingerprint density at radius 2 is 2.11 bits per heavy atom. The van der Waals surface area contributed by atoms with Crippen molar-refractivity contribution in [1.29, 1.82) is 0 Å². The van der Waals surface area contributed by atoms with Crippen LogP contribution in [0, 0.1) is 5.82 Å². The van der Waals surface area contributed by atoms with Gasteiger partial charge in [0.15, 0.2) is 5.75 Å². The van der Waals surface area contributed by atoms with Crippen LogP contribution in [-0.2, 0) is 6.42 Å². The maximum absolute atomic E-state index is 13.1. The van der Waals surface area contributed by atoms with E-state index in [0.29, 0.717) is 28.4 Å². The lowest BCUT2D eigenvalue weighted by Gasteiger charge is -2.30. The molecule has 0 spiro atoms. The number of fused-ring (bicyclic) bond motifs is 1.